The molecular formula is C14H16N2O. The Balaban J connectivity index is 2.09. The molecular weight excluding hydrogens is 212 g/mol. The third kappa shape index (κ3) is 3.03. The molecule has 1 aromatic carbocycles. The highest BCUT2D eigenvalue weighted by Crippen LogP contribution is 2.30. The van der Waals surface area contributed by atoms with Gasteiger partial charge in [-0.3, -0.25) is 9.79 Å². The molecule has 1 aromatic rings. The zero-order chi connectivity index (χ0) is 12.3. The molecule has 2 rings (SSSR count). The first kappa shape index (κ1) is 11.6. The minimum Gasteiger partial charge on any atom is -0.326 e. The lowest BCUT2D eigenvalue weighted by atomic mass is 10.1. The molecule has 0 atom stereocenters. The van der Waals surface area contributed by atoms with Crippen molar-refractivity contribution >= 4 is 17.8 Å². The van der Waals surface area contributed by atoms with Gasteiger partial charge in [-0.2, -0.15) is 0 Å². The number of aryl methyl sites for hydroxylation is 1. The SMILES string of the molecule is C=C/N=C\c1ccc(NC(=O)C2CC2)cc1C. The van der Waals surface area contributed by atoms with Gasteiger partial charge in [-0.1, -0.05) is 12.6 Å². The summed E-state index contributed by atoms with van der Waals surface area (Å²) in [6, 6.07) is 5.81. The second-order valence-electron chi connectivity index (χ2n) is 4.30. The van der Waals surface area contributed by atoms with Crippen LogP contribution in [0.25, 0.3) is 0 Å². The Labute approximate surface area is 101 Å². The van der Waals surface area contributed by atoms with Crippen molar-refractivity contribution in [1.82, 2.24) is 0 Å². The molecule has 0 radical (unpaired) electrons. The summed E-state index contributed by atoms with van der Waals surface area (Å²) >= 11 is 0. The number of aliphatic imine (C=N–C) groups is 1. The molecule has 0 heterocycles. The van der Waals surface area contributed by atoms with Gasteiger partial charge in [0.2, 0.25) is 5.91 Å². The van der Waals surface area contributed by atoms with Gasteiger partial charge in [0, 0.05) is 24.0 Å². The number of hydrogen-bond acceptors (Lipinski definition) is 2. The molecule has 3 nitrogen and oxygen atoms in total. The van der Waals surface area contributed by atoms with Gasteiger partial charge >= 0.3 is 0 Å². The third-order valence-corrected chi connectivity index (χ3v) is 2.80. The monoisotopic (exact) mass is 228 g/mol. The normalized spacial score (nSPS) is 14.9. The van der Waals surface area contributed by atoms with E-state index in [4.69, 9.17) is 0 Å². The standard InChI is InChI=1S/C14H16N2O/c1-3-15-9-12-6-7-13(8-10(12)2)16-14(17)11-4-5-11/h3,6-9,11H,1,4-5H2,2H3,(H,16,17)/b15-9-. The van der Waals surface area contributed by atoms with Gasteiger partial charge in [-0.15, -0.1) is 0 Å². The van der Waals surface area contributed by atoms with Crippen molar-refractivity contribution in [3.05, 3.63) is 42.1 Å². The number of amides is 1. The predicted molar refractivity (Wildman–Crippen MR) is 70.3 cm³/mol. The summed E-state index contributed by atoms with van der Waals surface area (Å²) in [6.45, 7) is 5.53. The molecule has 0 aliphatic heterocycles. The number of rotatable bonds is 4. The van der Waals surface area contributed by atoms with E-state index >= 15 is 0 Å². The Morgan fingerprint density at radius 3 is 2.88 bits per heavy atom. The summed E-state index contributed by atoms with van der Waals surface area (Å²) in [7, 11) is 0. The molecule has 1 aliphatic carbocycles. The molecule has 0 bridgehead atoms. The van der Waals surface area contributed by atoms with E-state index in [9.17, 15) is 4.79 Å². The van der Waals surface area contributed by atoms with Crippen molar-refractivity contribution in [2.75, 3.05) is 5.32 Å². The van der Waals surface area contributed by atoms with Gasteiger partial charge in [0.05, 0.1) is 0 Å². The van der Waals surface area contributed by atoms with Crippen LogP contribution >= 0.6 is 0 Å². The van der Waals surface area contributed by atoms with Crippen molar-refractivity contribution in [1.29, 1.82) is 0 Å². The molecule has 3 heteroatoms. The largest absolute Gasteiger partial charge is 0.326 e. The molecule has 17 heavy (non-hydrogen) atoms. The average Bonchev–Trinajstić information content (AvgIpc) is 3.11. The van der Waals surface area contributed by atoms with Gasteiger partial charge < -0.3 is 5.32 Å². The van der Waals surface area contributed by atoms with Crippen LogP contribution in [0.1, 0.15) is 24.0 Å². The van der Waals surface area contributed by atoms with Gasteiger partial charge in [0.15, 0.2) is 0 Å². The van der Waals surface area contributed by atoms with Crippen LogP contribution in [0.2, 0.25) is 0 Å². The van der Waals surface area contributed by atoms with Crippen LogP contribution in [-0.2, 0) is 4.79 Å². The van der Waals surface area contributed by atoms with E-state index in [1.54, 1.807) is 6.21 Å². The predicted octanol–water partition coefficient (Wildman–Crippen LogP) is 2.91. The van der Waals surface area contributed by atoms with Crippen molar-refractivity contribution in [3.8, 4) is 0 Å². The number of carbonyl (C=O) groups is 1. The number of nitrogens with one attached hydrogen (secondary N) is 1. The van der Waals surface area contributed by atoms with E-state index < -0.39 is 0 Å². The van der Waals surface area contributed by atoms with Gasteiger partial charge in [-0.05, 0) is 43.0 Å². The molecule has 0 spiro atoms. The minimum atomic E-state index is 0.136. The van der Waals surface area contributed by atoms with E-state index in [0.717, 1.165) is 29.7 Å². The molecule has 0 unspecified atom stereocenters. The van der Waals surface area contributed by atoms with Crippen molar-refractivity contribution in [2.45, 2.75) is 19.8 Å². The summed E-state index contributed by atoms with van der Waals surface area (Å²) < 4.78 is 0. The lowest BCUT2D eigenvalue weighted by molar-refractivity contribution is -0.117. The summed E-state index contributed by atoms with van der Waals surface area (Å²) in [5.74, 6) is 0.370. The fourth-order valence-corrected chi connectivity index (χ4v) is 1.62. The van der Waals surface area contributed by atoms with Crippen molar-refractivity contribution < 1.29 is 4.79 Å². The van der Waals surface area contributed by atoms with E-state index in [2.05, 4.69) is 16.9 Å². The summed E-state index contributed by atoms with van der Waals surface area (Å²) in [5.41, 5.74) is 2.98. The van der Waals surface area contributed by atoms with Crippen LogP contribution in [0, 0.1) is 12.8 Å². The number of carbonyl (C=O) groups excluding carboxylic acids is 1. The maximum atomic E-state index is 11.6. The molecule has 1 fully saturated rings. The zero-order valence-corrected chi connectivity index (χ0v) is 9.94. The summed E-state index contributed by atoms with van der Waals surface area (Å²) in [5, 5.41) is 2.92. The number of hydrogen-bond donors (Lipinski definition) is 1. The fraction of sp³-hybridized carbons (Fsp3) is 0.286. The van der Waals surface area contributed by atoms with E-state index in [-0.39, 0.29) is 11.8 Å². The first-order valence-electron chi connectivity index (χ1n) is 5.76. The Kier molecular flexibility index (Phi) is 3.38. The maximum Gasteiger partial charge on any atom is 0.227 e. The molecule has 1 N–H and O–H groups in total. The Bertz CT molecular complexity index is 473. The van der Waals surface area contributed by atoms with Crippen LogP contribution < -0.4 is 5.32 Å². The fourth-order valence-electron chi connectivity index (χ4n) is 1.62. The smallest absolute Gasteiger partial charge is 0.227 e. The summed E-state index contributed by atoms with van der Waals surface area (Å²) in [4.78, 5) is 15.6. The van der Waals surface area contributed by atoms with Crippen LogP contribution in [0.5, 0.6) is 0 Å². The van der Waals surface area contributed by atoms with Crippen LogP contribution in [0.3, 0.4) is 0 Å². The highest BCUT2D eigenvalue weighted by atomic mass is 16.2. The van der Waals surface area contributed by atoms with Crippen LogP contribution in [0.4, 0.5) is 5.69 Å². The third-order valence-electron chi connectivity index (χ3n) is 2.80. The van der Waals surface area contributed by atoms with Crippen LogP contribution in [-0.4, -0.2) is 12.1 Å². The van der Waals surface area contributed by atoms with Crippen molar-refractivity contribution in [2.24, 2.45) is 10.9 Å². The minimum absolute atomic E-state index is 0.136. The summed E-state index contributed by atoms with van der Waals surface area (Å²) in [6.07, 6.45) is 5.31. The van der Waals surface area contributed by atoms with Crippen molar-refractivity contribution in [3.63, 3.8) is 0 Å². The maximum absolute atomic E-state index is 11.6. The first-order valence-corrected chi connectivity index (χ1v) is 5.76. The highest BCUT2D eigenvalue weighted by molar-refractivity contribution is 5.94. The number of nitrogens with zero attached hydrogens (tertiary/aromatic N) is 1. The highest BCUT2D eigenvalue weighted by Gasteiger charge is 2.29. The molecule has 1 aliphatic rings. The molecule has 0 saturated heterocycles. The molecule has 0 aromatic heterocycles. The molecule has 88 valence electrons. The second kappa shape index (κ2) is 4.95. The number of benzene rings is 1. The lowest BCUT2D eigenvalue weighted by Crippen LogP contribution is -2.13. The first-order chi connectivity index (χ1) is 8.20. The van der Waals surface area contributed by atoms with Gasteiger partial charge in [-0.25, -0.2) is 0 Å². The quantitative estimate of drug-likeness (QED) is 0.791. The average molecular weight is 228 g/mol. The molecule has 1 amide bonds. The Hall–Kier alpha value is -1.90. The Morgan fingerprint density at radius 2 is 2.29 bits per heavy atom. The lowest BCUT2D eigenvalue weighted by Gasteiger charge is -2.06. The van der Waals surface area contributed by atoms with Crippen LogP contribution in [0.15, 0.2) is 36.0 Å². The van der Waals surface area contributed by atoms with E-state index in [0.29, 0.717) is 0 Å². The van der Waals surface area contributed by atoms with Gasteiger partial charge in [0.1, 0.15) is 0 Å². The van der Waals surface area contributed by atoms with E-state index in [1.165, 1.54) is 6.20 Å². The zero-order valence-electron chi connectivity index (χ0n) is 9.94. The topological polar surface area (TPSA) is 41.5 Å². The van der Waals surface area contributed by atoms with E-state index in [1.807, 2.05) is 25.1 Å². The number of anilines is 1. The molecule has 1 saturated carbocycles. The second-order valence-corrected chi connectivity index (χ2v) is 4.30. The van der Waals surface area contributed by atoms with Gasteiger partial charge in [0.25, 0.3) is 0 Å². The Morgan fingerprint density at radius 1 is 1.53 bits per heavy atom.